The van der Waals surface area contributed by atoms with Gasteiger partial charge in [-0.05, 0) is 18.2 Å². The molecule has 0 aromatic carbocycles. The van der Waals surface area contributed by atoms with E-state index in [1.54, 1.807) is 0 Å². The number of rotatable bonds is 6. The summed E-state index contributed by atoms with van der Waals surface area (Å²) in [4.78, 5) is 19.1. The highest BCUT2D eigenvalue weighted by molar-refractivity contribution is 7.91. The molecule has 136 valence electrons. The minimum atomic E-state index is -4.39. The second-order valence-corrected chi connectivity index (χ2v) is 7.29. The summed E-state index contributed by atoms with van der Waals surface area (Å²) >= 11 is 0. The molecule has 0 atom stereocenters. The SMILES string of the molecule is CCS(=O)(=O)c1cccnc1-c1ccn(CC(F)(F)C(F)F)c(=O)n1. The monoisotopic (exact) mass is 379 g/mol. The van der Waals surface area contributed by atoms with Gasteiger partial charge in [-0.15, -0.1) is 0 Å². The van der Waals surface area contributed by atoms with E-state index < -0.39 is 34.4 Å². The highest BCUT2D eigenvalue weighted by atomic mass is 32.2. The van der Waals surface area contributed by atoms with Crippen LogP contribution >= 0.6 is 0 Å². The molecule has 2 heterocycles. The smallest absolute Gasteiger partial charge is 0.293 e. The molecule has 25 heavy (non-hydrogen) atoms. The van der Waals surface area contributed by atoms with Gasteiger partial charge in [-0.3, -0.25) is 9.55 Å². The second-order valence-electron chi connectivity index (χ2n) is 5.04. The fourth-order valence-corrected chi connectivity index (χ4v) is 3.02. The number of alkyl halides is 4. The lowest BCUT2D eigenvalue weighted by atomic mass is 10.2. The number of halogens is 4. The zero-order chi connectivity index (χ0) is 18.8. The summed E-state index contributed by atoms with van der Waals surface area (Å²) < 4.78 is 75.1. The molecule has 0 aliphatic carbocycles. The van der Waals surface area contributed by atoms with Crippen LogP contribution in [0.5, 0.6) is 0 Å². The van der Waals surface area contributed by atoms with Crippen LogP contribution in [0.4, 0.5) is 17.6 Å². The third-order valence-electron chi connectivity index (χ3n) is 3.30. The van der Waals surface area contributed by atoms with Crippen LogP contribution in [0.3, 0.4) is 0 Å². The van der Waals surface area contributed by atoms with Crippen molar-refractivity contribution < 1.29 is 26.0 Å². The molecule has 11 heteroatoms. The molecule has 6 nitrogen and oxygen atoms in total. The molecule has 0 radical (unpaired) electrons. The highest BCUT2D eigenvalue weighted by Gasteiger charge is 2.41. The molecule has 0 unspecified atom stereocenters. The Hall–Kier alpha value is -2.30. The largest absolute Gasteiger partial charge is 0.348 e. The van der Waals surface area contributed by atoms with E-state index in [1.165, 1.54) is 25.3 Å². The van der Waals surface area contributed by atoms with Crippen molar-refractivity contribution in [1.82, 2.24) is 14.5 Å². The van der Waals surface area contributed by atoms with Crippen LogP contribution in [0, 0.1) is 0 Å². The van der Waals surface area contributed by atoms with Gasteiger partial charge in [0, 0.05) is 12.4 Å². The summed E-state index contributed by atoms with van der Waals surface area (Å²) in [6.45, 7) is -0.122. The van der Waals surface area contributed by atoms with E-state index >= 15 is 0 Å². The normalized spacial score (nSPS) is 12.6. The van der Waals surface area contributed by atoms with E-state index in [2.05, 4.69) is 9.97 Å². The Bertz CT molecular complexity index is 929. The maximum atomic E-state index is 13.1. The Labute approximate surface area is 140 Å². The molecule has 2 rings (SSSR count). The lowest BCUT2D eigenvalue weighted by molar-refractivity contribution is -0.138. The Morgan fingerprint density at radius 2 is 1.96 bits per heavy atom. The quantitative estimate of drug-likeness (QED) is 0.717. The van der Waals surface area contributed by atoms with Crippen molar-refractivity contribution in [2.45, 2.75) is 30.7 Å². The van der Waals surface area contributed by atoms with Crippen LogP contribution in [0.25, 0.3) is 11.4 Å². The molecule has 0 spiro atoms. The first-order chi connectivity index (χ1) is 11.6. The zero-order valence-corrected chi connectivity index (χ0v) is 13.7. The van der Waals surface area contributed by atoms with Crippen LogP contribution in [0.15, 0.2) is 40.3 Å². The Kier molecular flexibility index (Phi) is 5.26. The summed E-state index contributed by atoms with van der Waals surface area (Å²) in [6, 6.07) is 3.73. The fourth-order valence-electron chi connectivity index (χ4n) is 1.97. The number of aromatic nitrogens is 3. The molecular weight excluding hydrogens is 366 g/mol. The predicted octanol–water partition coefficient (Wildman–Crippen LogP) is 2.00. The van der Waals surface area contributed by atoms with Gasteiger partial charge in [-0.25, -0.2) is 22.0 Å². The summed E-state index contributed by atoms with van der Waals surface area (Å²) in [5.74, 6) is -4.61. The number of nitrogens with zero attached hydrogens (tertiary/aromatic N) is 3. The van der Waals surface area contributed by atoms with Gasteiger partial charge in [0.05, 0.1) is 22.9 Å². The lowest BCUT2D eigenvalue weighted by Crippen LogP contribution is -2.37. The van der Waals surface area contributed by atoms with E-state index in [0.717, 1.165) is 12.3 Å². The summed E-state index contributed by atoms with van der Waals surface area (Å²) in [5, 5.41) is 0. The lowest BCUT2D eigenvalue weighted by Gasteiger charge is -2.16. The number of sulfone groups is 1. The summed E-state index contributed by atoms with van der Waals surface area (Å²) in [5.41, 5.74) is -1.49. The van der Waals surface area contributed by atoms with Crippen molar-refractivity contribution in [2.24, 2.45) is 0 Å². The topological polar surface area (TPSA) is 81.9 Å². The average Bonchev–Trinajstić information content (AvgIpc) is 2.56. The van der Waals surface area contributed by atoms with E-state index in [1.807, 2.05) is 0 Å². The maximum Gasteiger partial charge on any atom is 0.348 e. The van der Waals surface area contributed by atoms with Crippen LogP contribution in [-0.4, -0.2) is 41.1 Å². The van der Waals surface area contributed by atoms with Crippen molar-refractivity contribution in [3.05, 3.63) is 41.1 Å². The molecule has 2 aromatic rings. The maximum absolute atomic E-state index is 13.1. The standard InChI is InChI=1S/C14H13F4N3O3S/c1-2-25(23,24)10-4-3-6-19-11(10)9-5-7-21(13(22)20-9)8-14(17,18)12(15)16/h3-7,12H,2,8H2,1H3. The molecule has 0 aliphatic heterocycles. The van der Waals surface area contributed by atoms with Crippen LogP contribution in [0.1, 0.15) is 6.92 Å². The third kappa shape index (κ3) is 4.03. The molecule has 0 fully saturated rings. The molecule has 0 amide bonds. The van der Waals surface area contributed by atoms with Crippen molar-refractivity contribution in [1.29, 1.82) is 0 Å². The van der Waals surface area contributed by atoms with Crippen molar-refractivity contribution in [3.63, 3.8) is 0 Å². The molecular formula is C14H13F4N3O3S. The Morgan fingerprint density at radius 3 is 2.52 bits per heavy atom. The molecule has 0 bridgehead atoms. The van der Waals surface area contributed by atoms with Crippen molar-refractivity contribution >= 4 is 9.84 Å². The molecule has 0 aliphatic rings. The minimum Gasteiger partial charge on any atom is -0.293 e. The van der Waals surface area contributed by atoms with Crippen molar-refractivity contribution in [3.8, 4) is 11.4 Å². The number of hydrogen-bond donors (Lipinski definition) is 0. The van der Waals surface area contributed by atoms with Crippen LogP contribution < -0.4 is 5.69 Å². The van der Waals surface area contributed by atoms with E-state index in [9.17, 15) is 30.8 Å². The van der Waals surface area contributed by atoms with E-state index in [-0.39, 0.29) is 22.0 Å². The summed E-state index contributed by atoms with van der Waals surface area (Å²) in [6.07, 6.45) is -1.81. The van der Waals surface area contributed by atoms with Gasteiger partial charge in [0.25, 0.3) is 0 Å². The fraction of sp³-hybridized carbons (Fsp3) is 0.357. The Balaban J connectivity index is 2.49. The van der Waals surface area contributed by atoms with E-state index in [0.29, 0.717) is 4.57 Å². The molecule has 0 saturated heterocycles. The molecule has 0 saturated carbocycles. The minimum absolute atomic E-state index is 0.116. The van der Waals surface area contributed by atoms with Gasteiger partial charge < -0.3 is 0 Å². The third-order valence-corrected chi connectivity index (χ3v) is 5.06. The predicted molar refractivity (Wildman–Crippen MR) is 80.4 cm³/mol. The van der Waals surface area contributed by atoms with Gasteiger partial charge in [-0.1, -0.05) is 6.92 Å². The van der Waals surface area contributed by atoms with Crippen molar-refractivity contribution in [2.75, 3.05) is 5.75 Å². The van der Waals surface area contributed by atoms with Gasteiger partial charge in [-0.2, -0.15) is 13.8 Å². The van der Waals surface area contributed by atoms with Gasteiger partial charge in [0.15, 0.2) is 9.84 Å². The molecule has 2 aromatic heterocycles. The van der Waals surface area contributed by atoms with E-state index in [4.69, 9.17) is 0 Å². The number of hydrogen-bond acceptors (Lipinski definition) is 5. The van der Waals surface area contributed by atoms with Crippen LogP contribution in [0.2, 0.25) is 0 Å². The van der Waals surface area contributed by atoms with Gasteiger partial charge in [0.1, 0.15) is 5.69 Å². The molecule has 0 N–H and O–H groups in total. The van der Waals surface area contributed by atoms with Crippen LogP contribution in [-0.2, 0) is 16.4 Å². The summed E-state index contributed by atoms with van der Waals surface area (Å²) in [7, 11) is -3.67. The highest BCUT2D eigenvalue weighted by Crippen LogP contribution is 2.25. The average molecular weight is 379 g/mol. The first kappa shape index (κ1) is 19.0. The second kappa shape index (κ2) is 6.90. The first-order valence-electron chi connectivity index (χ1n) is 7.00. The van der Waals surface area contributed by atoms with Gasteiger partial charge in [0.2, 0.25) is 0 Å². The first-order valence-corrected chi connectivity index (χ1v) is 8.65. The van der Waals surface area contributed by atoms with Gasteiger partial charge >= 0.3 is 18.0 Å². The Morgan fingerprint density at radius 1 is 1.28 bits per heavy atom. The number of pyridine rings is 1. The zero-order valence-electron chi connectivity index (χ0n) is 12.9.